The van der Waals surface area contributed by atoms with Crippen molar-refractivity contribution in [2.45, 2.75) is 26.2 Å². The van der Waals surface area contributed by atoms with Crippen LogP contribution in [0.3, 0.4) is 0 Å². The first-order valence-electron chi connectivity index (χ1n) is 4.68. The molecule has 1 aromatic carbocycles. The molecule has 0 heterocycles. The summed E-state index contributed by atoms with van der Waals surface area (Å²) in [6, 6.07) is 8.95. The number of ether oxygens (including phenoxy) is 2. The predicted molar refractivity (Wildman–Crippen MR) is 62.2 cm³/mol. The summed E-state index contributed by atoms with van der Waals surface area (Å²) in [7, 11) is 1.61. The third kappa shape index (κ3) is 5.52. The summed E-state index contributed by atoms with van der Waals surface area (Å²) in [5.74, 6) is 0.779. The van der Waals surface area contributed by atoms with Gasteiger partial charge in [0.15, 0.2) is 6.79 Å². The molecule has 0 atom stereocenters. The van der Waals surface area contributed by atoms with Gasteiger partial charge in [-0.15, -0.1) is 11.6 Å². The van der Waals surface area contributed by atoms with Gasteiger partial charge in [-0.05, 0) is 0 Å². The number of hydrogen-bond acceptors (Lipinski definition) is 2. The summed E-state index contributed by atoms with van der Waals surface area (Å²) in [4.78, 5) is 0. The minimum absolute atomic E-state index is 0. The smallest absolute Gasteiger partial charge is 1.00 e. The van der Waals surface area contributed by atoms with E-state index in [-0.39, 0.29) is 52.2 Å². The van der Waals surface area contributed by atoms with E-state index in [4.69, 9.17) is 9.47 Å². The van der Waals surface area contributed by atoms with E-state index >= 15 is 0 Å². The average molecular weight is 297 g/mol. The maximum absolute atomic E-state index is 5.44. The summed E-state index contributed by atoms with van der Waals surface area (Å²) >= 11 is 0. The third-order valence-electron chi connectivity index (χ3n) is 1.95. The van der Waals surface area contributed by atoms with Gasteiger partial charge in [-0.25, -0.2) is 0 Å². The molecule has 1 rings (SSSR count). The van der Waals surface area contributed by atoms with Gasteiger partial charge in [0.1, 0.15) is 0 Å². The number of hydrogen-bond donors (Lipinski definition) is 0. The first-order chi connectivity index (χ1) is 6.55. The van der Waals surface area contributed by atoms with E-state index in [1.54, 1.807) is 7.11 Å². The standard InChI is InChI=1S/C12H17O2.BrH.Mg/c1-12(2,3)10-7-5-6-8-11(10)14-9-13-4;;/h5-7H,9H2,1-4H3;1H;/q-1;;+2/p-1. The molecule has 0 bridgehead atoms. The Morgan fingerprint density at radius 1 is 1.31 bits per heavy atom. The molecule has 0 amide bonds. The molecule has 0 saturated carbocycles. The molecule has 16 heavy (non-hydrogen) atoms. The van der Waals surface area contributed by atoms with E-state index in [0.717, 1.165) is 11.3 Å². The molecule has 0 radical (unpaired) electrons. The second kappa shape index (κ2) is 8.34. The molecule has 0 spiro atoms. The molecule has 0 aliphatic carbocycles. The maximum atomic E-state index is 5.44. The van der Waals surface area contributed by atoms with Crippen LogP contribution in [-0.4, -0.2) is 37.0 Å². The number of halogens is 1. The van der Waals surface area contributed by atoms with Crippen molar-refractivity contribution in [3.8, 4) is 5.75 Å². The van der Waals surface area contributed by atoms with Crippen molar-refractivity contribution in [3.05, 3.63) is 29.8 Å². The molecule has 0 fully saturated rings. The van der Waals surface area contributed by atoms with E-state index in [2.05, 4.69) is 32.9 Å². The van der Waals surface area contributed by atoms with Crippen molar-refractivity contribution < 1.29 is 26.5 Å². The zero-order chi connectivity index (χ0) is 10.6. The summed E-state index contributed by atoms with van der Waals surface area (Å²) in [5, 5.41) is 0. The van der Waals surface area contributed by atoms with Gasteiger partial charge in [0, 0.05) is 12.9 Å². The Labute approximate surface area is 125 Å². The molecule has 0 aliphatic rings. The van der Waals surface area contributed by atoms with Crippen LogP contribution in [0.1, 0.15) is 26.3 Å². The van der Waals surface area contributed by atoms with Gasteiger partial charge >= 0.3 is 23.1 Å². The van der Waals surface area contributed by atoms with Crippen LogP contribution in [0.15, 0.2) is 18.2 Å². The van der Waals surface area contributed by atoms with E-state index in [0.29, 0.717) is 0 Å². The Balaban J connectivity index is 0. The third-order valence-corrected chi connectivity index (χ3v) is 1.95. The Morgan fingerprint density at radius 3 is 2.44 bits per heavy atom. The van der Waals surface area contributed by atoms with Gasteiger partial charge in [0.05, 0.1) is 0 Å². The number of para-hydroxylation sites is 1. The van der Waals surface area contributed by atoms with Crippen molar-refractivity contribution in [1.29, 1.82) is 0 Å². The summed E-state index contributed by atoms with van der Waals surface area (Å²) in [6.07, 6.45) is 0. The average Bonchev–Trinajstić information content (AvgIpc) is 2.14. The van der Waals surface area contributed by atoms with E-state index in [9.17, 15) is 0 Å². The fourth-order valence-electron chi connectivity index (χ4n) is 1.25. The van der Waals surface area contributed by atoms with Crippen LogP contribution in [-0.2, 0) is 10.2 Å². The molecule has 0 N–H and O–H groups in total. The molecule has 0 aromatic heterocycles. The van der Waals surface area contributed by atoms with Crippen molar-refractivity contribution in [2.75, 3.05) is 13.9 Å². The zero-order valence-electron chi connectivity index (χ0n) is 10.3. The van der Waals surface area contributed by atoms with Crippen molar-refractivity contribution in [1.82, 2.24) is 0 Å². The van der Waals surface area contributed by atoms with Crippen molar-refractivity contribution in [2.24, 2.45) is 0 Å². The summed E-state index contributed by atoms with van der Waals surface area (Å²) in [6.45, 7) is 6.71. The Kier molecular flexibility index (Phi) is 9.68. The van der Waals surface area contributed by atoms with Gasteiger partial charge < -0.3 is 26.5 Å². The number of methoxy groups -OCH3 is 1. The van der Waals surface area contributed by atoms with Gasteiger partial charge in [-0.2, -0.15) is 18.2 Å². The number of rotatable bonds is 3. The molecule has 4 heteroatoms. The maximum Gasteiger partial charge on any atom is 2.00 e. The first kappa shape index (κ1) is 18.6. The van der Waals surface area contributed by atoms with Crippen LogP contribution in [0, 0.1) is 6.07 Å². The second-order valence-electron chi connectivity index (χ2n) is 4.21. The van der Waals surface area contributed by atoms with E-state index in [1.165, 1.54) is 0 Å². The van der Waals surface area contributed by atoms with Crippen LogP contribution >= 0.6 is 0 Å². The molecule has 0 saturated heterocycles. The fraction of sp³-hybridized carbons (Fsp3) is 0.500. The topological polar surface area (TPSA) is 18.5 Å². The zero-order valence-corrected chi connectivity index (χ0v) is 13.3. The fourth-order valence-corrected chi connectivity index (χ4v) is 1.25. The van der Waals surface area contributed by atoms with Crippen molar-refractivity contribution >= 4 is 23.1 Å². The Morgan fingerprint density at radius 2 is 1.94 bits per heavy atom. The molecular formula is C12H17BrMgO2. The molecule has 0 aliphatic heterocycles. The van der Waals surface area contributed by atoms with Crippen molar-refractivity contribution in [3.63, 3.8) is 0 Å². The van der Waals surface area contributed by atoms with Gasteiger partial charge in [-0.3, -0.25) is 0 Å². The Hall–Kier alpha value is 0.226. The molecular weight excluding hydrogens is 280 g/mol. The second-order valence-corrected chi connectivity index (χ2v) is 4.21. The minimum Gasteiger partial charge on any atom is -1.00 e. The molecule has 0 unspecified atom stereocenters. The minimum atomic E-state index is 0. The monoisotopic (exact) mass is 296 g/mol. The molecule has 2 nitrogen and oxygen atoms in total. The summed E-state index contributed by atoms with van der Waals surface area (Å²) in [5.41, 5.74) is 1.22. The van der Waals surface area contributed by atoms with Gasteiger partial charge in [0.25, 0.3) is 0 Å². The number of benzene rings is 1. The van der Waals surface area contributed by atoms with Gasteiger partial charge in [0.2, 0.25) is 0 Å². The predicted octanol–water partition coefficient (Wildman–Crippen LogP) is -0.610. The molecule has 86 valence electrons. The largest absolute Gasteiger partial charge is 2.00 e. The van der Waals surface area contributed by atoms with Crippen LogP contribution in [0.4, 0.5) is 0 Å². The SMILES string of the molecule is COCOc1[c-]cccc1C(C)(C)C.[Br-].[Mg+2]. The van der Waals surface area contributed by atoms with Gasteiger partial charge in [-0.1, -0.05) is 26.2 Å². The quantitative estimate of drug-likeness (QED) is 0.421. The van der Waals surface area contributed by atoms with Crippen LogP contribution in [0.5, 0.6) is 5.75 Å². The van der Waals surface area contributed by atoms with Crippen LogP contribution < -0.4 is 21.7 Å². The first-order valence-corrected chi connectivity index (χ1v) is 4.68. The van der Waals surface area contributed by atoms with E-state index < -0.39 is 0 Å². The van der Waals surface area contributed by atoms with Crippen LogP contribution in [0.2, 0.25) is 0 Å². The molecule has 1 aromatic rings. The normalized spacial score (nSPS) is 10.0. The summed E-state index contributed by atoms with van der Waals surface area (Å²) < 4.78 is 10.3. The van der Waals surface area contributed by atoms with Crippen LogP contribution in [0.25, 0.3) is 0 Å². The van der Waals surface area contributed by atoms with E-state index in [1.807, 2.05) is 12.1 Å². The Bertz CT molecular complexity index is 297.